The first-order valence-corrected chi connectivity index (χ1v) is 4.27. The summed E-state index contributed by atoms with van der Waals surface area (Å²) in [5.41, 5.74) is 0.471. The number of hydrogen-bond acceptors (Lipinski definition) is 4. The third-order valence-corrected chi connectivity index (χ3v) is 1.93. The van der Waals surface area contributed by atoms with E-state index in [-0.39, 0.29) is 12.2 Å². The average molecular weight is 194 g/mol. The lowest BCUT2D eigenvalue weighted by Crippen LogP contribution is -2.16. The van der Waals surface area contributed by atoms with Gasteiger partial charge in [0.15, 0.2) is 0 Å². The number of nitrogens with one attached hydrogen (secondary N) is 1. The molecule has 0 fully saturated rings. The van der Waals surface area contributed by atoms with Crippen LogP contribution in [0.3, 0.4) is 0 Å². The molecular formula is C8H10N4O2. The molecule has 0 radical (unpaired) electrons. The van der Waals surface area contributed by atoms with Gasteiger partial charge in [-0.05, 0) is 6.92 Å². The van der Waals surface area contributed by atoms with Gasteiger partial charge in [-0.15, -0.1) is 0 Å². The van der Waals surface area contributed by atoms with Crippen molar-refractivity contribution in [2.75, 3.05) is 6.61 Å². The Bertz CT molecular complexity index is 514. The number of aromatic amines is 1. The molecule has 0 spiro atoms. The SMILES string of the molecule is Cc1cc(=O)n2c(CCO)n[nH]c2n1. The molecule has 2 aromatic rings. The second-order valence-corrected chi connectivity index (χ2v) is 3.01. The van der Waals surface area contributed by atoms with Crippen molar-refractivity contribution >= 4 is 5.78 Å². The number of rotatable bonds is 2. The Labute approximate surface area is 79.2 Å². The summed E-state index contributed by atoms with van der Waals surface area (Å²) in [6.45, 7) is 1.70. The number of hydrogen-bond donors (Lipinski definition) is 2. The minimum absolute atomic E-state index is 0.0414. The molecular weight excluding hydrogens is 184 g/mol. The second-order valence-electron chi connectivity index (χ2n) is 3.01. The lowest BCUT2D eigenvalue weighted by atomic mass is 10.4. The van der Waals surface area contributed by atoms with E-state index in [2.05, 4.69) is 15.2 Å². The van der Waals surface area contributed by atoms with E-state index in [1.54, 1.807) is 6.92 Å². The van der Waals surface area contributed by atoms with Crippen LogP contribution in [0.4, 0.5) is 0 Å². The smallest absolute Gasteiger partial charge is 0.260 e. The van der Waals surface area contributed by atoms with E-state index < -0.39 is 0 Å². The van der Waals surface area contributed by atoms with Crippen LogP contribution < -0.4 is 5.56 Å². The quantitative estimate of drug-likeness (QED) is 0.659. The van der Waals surface area contributed by atoms with Crippen LogP contribution in [0.5, 0.6) is 0 Å². The number of aromatic nitrogens is 4. The maximum atomic E-state index is 11.5. The number of aryl methyl sites for hydroxylation is 1. The van der Waals surface area contributed by atoms with Crippen LogP contribution in [0.25, 0.3) is 5.78 Å². The first-order chi connectivity index (χ1) is 6.72. The van der Waals surface area contributed by atoms with Crippen LogP contribution in [-0.2, 0) is 6.42 Å². The Morgan fingerprint density at radius 3 is 3.14 bits per heavy atom. The van der Waals surface area contributed by atoms with Crippen LogP contribution in [0, 0.1) is 6.92 Å². The van der Waals surface area contributed by atoms with Gasteiger partial charge in [-0.3, -0.25) is 4.79 Å². The van der Waals surface area contributed by atoms with Crippen molar-refractivity contribution in [2.24, 2.45) is 0 Å². The zero-order chi connectivity index (χ0) is 10.1. The number of nitrogens with zero attached hydrogens (tertiary/aromatic N) is 3. The van der Waals surface area contributed by atoms with Crippen molar-refractivity contribution in [1.29, 1.82) is 0 Å². The lowest BCUT2D eigenvalue weighted by Gasteiger charge is -1.96. The van der Waals surface area contributed by atoms with Crippen molar-refractivity contribution in [2.45, 2.75) is 13.3 Å². The first-order valence-electron chi connectivity index (χ1n) is 4.27. The summed E-state index contributed by atoms with van der Waals surface area (Å²) in [5, 5.41) is 15.3. The molecule has 0 unspecified atom stereocenters. The van der Waals surface area contributed by atoms with Crippen LogP contribution in [0.2, 0.25) is 0 Å². The van der Waals surface area contributed by atoms with Crippen LogP contribution in [-0.4, -0.2) is 31.3 Å². The molecule has 6 heteroatoms. The van der Waals surface area contributed by atoms with Gasteiger partial charge in [0.05, 0.1) is 6.61 Å². The second kappa shape index (κ2) is 3.22. The number of H-pyrrole nitrogens is 1. The molecule has 0 aliphatic rings. The van der Waals surface area contributed by atoms with Gasteiger partial charge in [-0.1, -0.05) is 0 Å². The Balaban J connectivity index is 2.73. The standard InChI is InChI=1S/C8H10N4O2/c1-5-4-7(14)12-6(2-3-13)10-11-8(12)9-5/h4,13H,2-3H2,1H3,(H,9,11). The van der Waals surface area contributed by atoms with Gasteiger partial charge < -0.3 is 5.11 Å². The molecule has 0 aromatic carbocycles. The number of fused-ring (bicyclic) bond motifs is 1. The Kier molecular flexibility index (Phi) is 2.05. The van der Waals surface area contributed by atoms with Gasteiger partial charge in [0.1, 0.15) is 5.82 Å². The van der Waals surface area contributed by atoms with E-state index in [4.69, 9.17) is 5.11 Å². The molecule has 2 rings (SSSR count). The normalized spacial score (nSPS) is 11.0. The summed E-state index contributed by atoms with van der Waals surface area (Å²) < 4.78 is 1.36. The highest BCUT2D eigenvalue weighted by Crippen LogP contribution is 1.98. The average Bonchev–Trinajstić information content (AvgIpc) is 2.49. The summed E-state index contributed by atoms with van der Waals surface area (Å²) in [5.74, 6) is 0.915. The van der Waals surface area contributed by atoms with Gasteiger partial charge in [0, 0.05) is 18.2 Å². The molecule has 6 nitrogen and oxygen atoms in total. The van der Waals surface area contributed by atoms with Crippen LogP contribution in [0.1, 0.15) is 11.5 Å². The molecule has 0 amide bonds. The lowest BCUT2D eigenvalue weighted by molar-refractivity contribution is 0.296. The van der Waals surface area contributed by atoms with E-state index in [9.17, 15) is 4.79 Å². The van der Waals surface area contributed by atoms with E-state index in [0.29, 0.717) is 23.7 Å². The van der Waals surface area contributed by atoms with E-state index >= 15 is 0 Å². The fourth-order valence-electron chi connectivity index (χ4n) is 1.35. The highest BCUT2D eigenvalue weighted by Gasteiger charge is 2.07. The number of aliphatic hydroxyl groups is 1. The zero-order valence-corrected chi connectivity index (χ0v) is 7.69. The zero-order valence-electron chi connectivity index (χ0n) is 7.69. The minimum atomic E-state index is -0.176. The Morgan fingerprint density at radius 2 is 2.43 bits per heavy atom. The van der Waals surface area contributed by atoms with Crippen molar-refractivity contribution in [3.63, 3.8) is 0 Å². The molecule has 14 heavy (non-hydrogen) atoms. The predicted molar refractivity (Wildman–Crippen MR) is 49.1 cm³/mol. The summed E-state index contributed by atoms with van der Waals surface area (Å²) in [6.07, 6.45) is 0.338. The van der Waals surface area contributed by atoms with Gasteiger partial charge >= 0.3 is 0 Å². The summed E-state index contributed by atoms with van der Waals surface area (Å²) in [7, 11) is 0. The molecule has 0 saturated heterocycles. The van der Waals surface area contributed by atoms with Crippen molar-refractivity contribution in [3.8, 4) is 0 Å². The fraction of sp³-hybridized carbons (Fsp3) is 0.375. The van der Waals surface area contributed by atoms with Gasteiger partial charge in [-0.2, -0.15) is 5.10 Å². The maximum Gasteiger partial charge on any atom is 0.260 e. The van der Waals surface area contributed by atoms with Crippen molar-refractivity contribution < 1.29 is 5.11 Å². The summed E-state index contributed by atoms with van der Waals surface area (Å²) in [4.78, 5) is 15.6. The highest BCUT2D eigenvalue weighted by atomic mass is 16.3. The van der Waals surface area contributed by atoms with Gasteiger partial charge in [-0.25, -0.2) is 14.5 Å². The predicted octanol–water partition coefficient (Wildman–Crippen LogP) is -0.739. The van der Waals surface area contributed by atoms with Gasteiger partial charge in [0.25, 0.3) is 5.56 Å². The van der Waals surface area contributed by atoms with Crippen LogP contribution in [0.15, 0.2) is 10.9 Å². The van der Waals surface area contributed by atoms with Gasteiger partial charge in [0.2, 0.25) is 5.78 Å². The van der Waals surface area contributed by atoms with Crippen LogP contribution >= 0.6 is 0 Å². The molecule has 0 aliphatic heterocycles. The van der Waals surface area contributed by atoms with E-state index in [0.717, 1.165) is 0 Å². The minimum Gasteiger partial charge on any atom is -0.396 e. The highest BCUT2D eigenvalue weighted by molar-refractivity contribution is 5.28. The summed E-state index contributed by atoms with van der Waals surface area (Å²) in [6, 6.07) is 1.43. The Hall–Kier alpha value is -1.69. The monoisotopic (exact) mass is 194 g/mol. The first kappa shape index (κ1) is 8.89. The Morgan fingerprint density at radius 1 is 1.64 bits per heavy atom. The maximum absolute atomic E-state index is 11.5. The van der Waals surface area contributed by atoms with E-state index in [1.165, 1.54) is 10.5 Å². The topological polar surface area (TPSA) is 83.3 Å². The number of aliphatic hydroxyl groups excluding tert-OH is 1. The van der Waals surface area contributed by atoms with E-state index in [1.807, 2.05) is 0 Å². The van der Waals surface area contributed by atoms with Crippen molar-refractivity contribution in [3.05, 3.63) is 27.9 Å². The molecule has 0 aliphatic carbocycles. The molecule has 2 heterocycles. The molecule has 0 atom stereocenters. The fourth-order valence-corrected chi connectivity index (χ4v) is 1.35. The molecule has 0 bridgehead atoms. The molecule has 2 N–H and O–H groups in total. The van der Waals surface area contributed by atoms with Crippen molar-refractivity contribution in [1.82, 2.24) is 19.6 Å². The third kappa shape index (κ3) is 1.29. The largest absolute Gasteiger partial charge is 0.396 e. The third-order valence-electron chi connectivity index (χ3n) is 1.93. The molecule has 74 valence electrons. The molecule has 2 aromatic heterocycles. The molecule has 0 saturated carbocycles. The summed E-state index contributed by atoms with van der Waals surface area (Å²) >= 11 is 0.